The molecule has 1 aromatic carbocycles. The lowest BCUT2D eigenvalue weighted by atomic mass is 10.1. The average Bonchev–Trinajstić information content (AvgIpc) is 2.97. The van der Waals surface area contributed by atoms with Gasteiger partial charge in [-0.05, 0) is 44.7 Å². The molecule has 0 spiro atoms. The summed E-state index contributed by atoms with van der Waals surface area (Å²) < 4.78 is 5.70. The standard InChI is InChI=1S/C21H30N4O3/c1-3-28-16-10-14-24(15-11-16)21(22-2)23-12-6-7-13-25-19(26)17-8-4-5-9-18(17)20(25)27/h4-5,8-9,16H,3,6-7,10-15H2,1-2H3,(H,22,23). The summed E-state index contributed by atoms with van der Waals surface area (Å²) in [6, 6.07) is 7.02. The number of carbonyl (C=O) groups is 2. The van der Waals surface area contributed by atoms with Crippen LogP contribution in [0.2, 0.25) is 0 Å². The Labute approximate surface area is 166 Å². The molecule has 2 aliphatic rings. The van der Waals surface area contributed by atoms with Crippen molar-refractivity contribution in [3.8, 4) is 0 Å². The highest BCUT2D eigenvalue weighted by molar-refractivity contribution is 6.21. The normalized spacial score (nSPS) is 18.0. The molecule has 1 aromatic rings. The number of imide groups is 1. The molecule has 0 unspecified atom stereocenters. The van der Waals surface area contributed by atoms with Crippen LogP contribution in [-0.4, -0.2) is 73.5 Å². The van der Waals surface area contributed by atoms with E-state index in [0.717, 1.165) is 57.9 Å². The van der Waals surface area contributed by atoms with E-state index in [9.17, 15) is 9.59 Å². The van der Waals surface area contributed by atoms with Crippen molar-refractivity contribution in [2.75, 3.05) is 39.8 Å². The molecule has 7 heteroatoms. The van der Waals surface area contributed by atoms with Gasteiger partial charge in [-0.1, -0.05) is 12.1 Å². The van der Waals surface area contributed by atoms with E-state index in [1.165, 1.54) is 4.90 Å². The lowest BCUT2D eigenvalue weighted by Crippen LogP contribution is -2.47. The Morgan fingerprint density at radius 1 is 1.14 bits per heavy atom. The number of aliphatic imine (C=N–C) groups is 1. The van der Waals surface area contributed by atoms with Crippen LogP contribution in [0.15, 0.2) is 29.3 Å². The summed E-state index contributed by atoms with van der Waals surface area (Å²) in [5.41, 5.74) is 1.03. The third kappa shape index (κ3) is 4.52. The van der Waals surface area contributed by atoms with Crippen LogP contribution >= 0.6 is 0 Å². The van der Waals surface area contributed by atoms with Crippen LogP contribution in [0.1, 0.15) is 53.3 Å². The molecule has 28 heavy (non-hydrogen) atoms. The zero-order valence-electron chi connectivity index (χ0n) is 16.8. The Morgan fingerprint density at radius 2 is 1.79 bits per heavy atom. The number of hydrogen-bond acceptors (Lipinski definition) is 4. The first-order valence-electron chi connectivity index (χ1n) is 10.2. The second-order valence-electron chi connectivity index (χ2n) is 7.13. The molecule has 3 rings (SSSR count). The molecular formula is C21H30N4O3. The number of hydrogen-bond donors (Lipinski definition) is 1. The van der Waals surface area contributed by atoms with Gasteiger partial charge in [0.05, 0.1) is 17.2 Å². The van der Waals surface area contributed by atoms with Crippen LogP contribution in [0.25, 0.3) is 0 Å². The maximum atomic E-state index is 12.4. The lowest BCUT2D eigenvalue weighted by molar-refractivity contribution is 0.0263. The van der Waals surface area contributed by atoms with Gasteiger partial charge in [0.1, 0.15) is 0 Å². The van der Waals surface area contributed by atoms with Gasteiger partial charge in [0.25, 0.3) is 11.8 Å². The number of unbranched alkanes of at least 4 members (excludes halogenated alkanes) is 1. The minimum Gasteiger partial charge on any atom is -0.378 e. The number of fused-ring (bicyclic) bond motifs is 1. The SMILES string of the molecule is CCOC1CCN(C(=NC)NCCCCN2C(=O)c3ccccc3C2=O)CC1. The van der Waals surface area contributed by atoms with Gasteiger partial charge in [-0.2, -0.15) is 0 Å². The van der Waals surface area contributed by atoms with Gasteiger partial charge in [0, 0.05) is 39.8 Å². The first kappa shape index (κ1) is 20.3. The van der Waals surface area contributed by atoms with E-state index in [4.69, 9.17) is 4.74 Å². The van der Waals surface area contributed by atoms with Crippen molar-refractivity contribution in [1.82, 2.24) is 15.1 Å². The summed E-state index contributed by atoms with van der Waals surface area (Å²) in [5, 5.41) is 3.40. The molecule has 0 saturated carbocycles. The van der Waals surface area contributed by atoms with E-state index >= 15 is 0 Å². The number of nitrogens with zero attached hydrogens (tertiary/aromatic N) is 3. The molecule has 7 nitrogen and oxygen atoms in total. The van der Waals surface area contributed by atoms with Crippen molar-refractivity contribution in [1.29, 1.82) is 0 Å². The topological polar surface area (TPSA) is 74.2 Å². The van der Waals surface area contributed by atoms with Crippen LogP contribution in [-0.2, 0) is 4.74 Å². The van der Waals surface area contributed by atoms with Crippen molar-refractivity contribution in [2.45, 2.75) is 38.7 Å². The third-order valence-corrected chi connectivity index (χ3v) is 5.33. The minimum absolute atomic E-state index is 0.179. The van der Waals surface area contributed by atoms with Gasteiger partial charge in [-0.15, -0.1) is 0 Å². The van der Waals surface area contributed by atoms with E-state index in [1.807, 2.05) is 6.92 Å². The monoisotopic (exact) mass is 386 g/mol. The van der Waals surface area contributed by atoms with E-state index in [-0.39, 0.29) is 11.8 Å². The Bertz CT molecular complexity index is 691. The number of piperidine rings is 1. The van der Waals surface area contributed by atoms with E-state index in [2.05, 4.69) is 15.2 Å². The fourth-order valence-electron chi connectivity index (χ4n) is 3.84. The van der Waals surface area contributed by atoms with Crippen LogP contribution in [0.4, 0.5) is 0 Å². The Morgan fingerprint density at radius 3 is 2.36 bits per heavy atom. The largest absolute Gasteiger partial charge is 0.378 e. The highest BCUT2D eigenvalue weighted by atomic mass is 16.5. The fraction of sp³-hybridized carbons (Fsp3) is 0.571. The summed E-state index contributed by atoms with van der Waals surface area (Å²) in [7, 11) is 1.80. The predicted molar refractivity (Wildman–Crippen MR) is 109 cm³/mol. The first-order valence-corrected chi connectivity index (χ1v) is 10.2. The maximum Gasteiger partial charge on any atom is 0.261 e. The predicted octanol–water partition coefficient (Wildman–Crippen LogP) is 2.14. The van der Waals surface area contributed by atoms with Gasteiger partial charge in [-0.3, -0.25) is 19.5 Å². The molecule has 0 aliphatic carbocycles. The molecule has 1 fully saturated rings. The van der Waals surface area contributed by atoms with E-state index in [1.54, 1.807) is 31.3 Å². The van der Waals surface area contributed by atoms with Gasteiger partial charge in [0.2, 0.25) is 0 Å². The Balaban J connectivity index is 1.38. The Hall–Kier alpha value is -2.41. The van der Waals surface area contributed by atoms with Crippen LogP contribution < -0.4 is 5.32 Å². The molecule has 2 aliphatic heterocycles. The van der Waals surface area contributed by atoms with Gasteiger partial charge < -0.3 is 15.0 Å². The molecule has 0 bridgehead atoms. The summed E-state index contributed by atoms with van der Waals surface area (Å²) in [5.74, 6) is 0.554. The van der Waals surface area contributed by atoms with E-state index < -0.39 is 0 Å². The second kappa shape index (κ2) is 9.68. The number of ether oxygens (including phenoxy) is 1. The van der Waals surface area contributed by atoms with Crippen molar-refractivity contribution >= 4 is 17.8 Å². The molecule has 2 heterocycles. The molecular weight excluding hydrogens is 356 g/mol. The number of rotatable bonds is 7. The smallest absolute Gasteiger partial charge is 0.261 e. The highest BCUT2D eigenvalue weighted by Crippen LogP contribution is 2.22. The first-order chi connectivity index (χ1) is 13.7. The van der Waals surface area contributed by atoms with E-state index in [0.29, 0.717) is 23.8 Å². The molecule has 152 valence electrons. The van der Waals surface area contributed by atoms with Gasteiger partial charge >= 0.3 is 0 Å². The summed E-state index contributed by atoms with van der Waals surface area (Å²) >= 11 is 0. The van der Waals surface area contributed by atoms with Crippen LogP contribution in [0.3, 0.4) is 0 Å². The van der Waals surface area contributed by atoms with Gasteiger partial charge in [-0.25, -0.2) is 0 Å². The average molecular weight is 386 g/mol. The third-order valence-electron chi connectivity index (χ3n) is 5.33. The molecule has 2 amide bonds. The quantitative estimate of drug-likeness (QED) is 0.336. The summed E-state index contributed by atoms with van der Waals surface area (Å²) in [6.07, 6.45) is 4.03. The lowest BCUT2D eigenvalue weighted by Gasteiger charge is -2.34. The number of guanidine groups is 1. The second-order valence-corrected chi connectivity index (χ2v) is 7.13. The number of benzene rings is 1. The van der Waals surface area contributed by atoms with Crippen LogP contribution in [0, 0.1) is 0 Å². The highest BCUT2D eigenvalue weighted by Gasteiger charge is 2.34. The molecule has 0 radical (unpaired) electrons. The van der Waals surface area contributed by atoms with Crippen molar-refractivity contribution in [3.05, 3.63) is 35.4 Å². The molecule has 1 N–H and O–H groups in total. The number of likely N-dealkylation sites (tertiary alicyclic amines) is 1. The molecule has 1 saturated heterocycles. The number of carbonyl (C=O) groups excluding carboxylic acids is 2. The Kier molecular flexibility index (Phi) is 7.03. The van der Waals surface area contributed by atoms with Crippen molar-refractivity contribution < 1.29 is 14.3 Å². The summed E-state index contributed by atoms with van der Waals surface area (Å²) in [4.78, 5) is 32.7. The van der Waals surface area contributed by atoms with Crippen molar-refractivity contribution in [3.63, 3.8) is 0 Å². The van der Waals surface area contributed by atoms with Crippen LogP contribution in [0.5, 0.6) is 0 Å². The number of amides is 2. The maximum absolute atomic E-state index is 12.4. The molecule has 0 atom stereocenters. The van der Waals surface area contributed by atoms with Crippen molar-refractivity contribution in [2.24, 2.45) is 4.99 Å². The zero-order valence-corrected chi connectivity index (χ0v) is 16.8. The van der Waals surface area contributed by atoms with Gasteiger partial charge in [0.15, 0.2) is 5.96 Å². The number of nitrogens with one attached hydrogen (secondary N) is 1. The molecule has 0 aromatic heterocycles. The minimum atomic E-state index is -0.179. The fourth-order valence-corrected chi connectivity index (χ4v) is 3.84. The zero-order chi connectivity index (χ0) is 19.9. The summed E-state index contributed by atoms with van der Waals surface area (Å²) in [6.45, 7) is 5.91.